The Bertz CT molecular complexity index is 159. The summed E-state index contributed by atoms with van der Waals surface area (Å²) in [6, 6.07) is 2.81. The van der Waals surface area contributed by atoms with Crippen molar-refractivity contribution in [3.8, 4) is 6.07 Å². The van der Waals surface area contributed by atoms with E-state index in [-0.39, 0.29) is 6.04 Å². The maximum absolute atomic E-state index is 8.55. The molecule has 0 heterocycles. The first-order valence-electron chi connectivity index (χ1n) is 4.38. The lowest BCUT2D eigenvalue weighted by Gasteiger charge is -2.13. The van der Waals surface area contributed by atoms with Crippen LogP contribution in [0.3, 0.4) is 0 Å². The standard InChI is InChI=1S/C9H16N2/c1-7-3-4-9(5-7)11-8(2)6-10/h7-9,11H,3-5H2,1-2H3. The van der Waals surface area contributed by atoms with Gasteiger partial charge in [-0.1, -0.05) is 6.92 Å². The molecule has 0 spiro atoms. The summed E-state index contributed by atoms with van der Waals surface area (Å²) in [7, 11) is 0. The summed E-state index contributed by atoms with van der Waals surface area (Å²) in [5.74, 6) is 0.846. The van der Waals surface area contributed by atoms with Crippen LogP contribution in [0.2, 0.25) is 0 Å². The lowest BCUT2D eigenvalue weighted by Crippen LogP contribution is -2.33. The van der Waals surface area contributed by atoms with Crippen molar-refractivity contribution >= 4 is 0 Å². The zero-order valence-electron chi connectivity index (χ0n) is 7.30. The third kappa shape index (κ3) is 2.51. The molecule has 0 bridgehead atoms. The molecule has 0 saturated heterocycles. The normalized spacial score (nSPS) is 33.2. The molecule has 1 N–H and O–H groups in total. The molecule has 1 aliphatic carbocycles. The van der Waals surface area contributed by atoms with Crippen molar-refractivity contribution in [2.45, 2.75) is 45.2 Å². The van der Waals surface area contributed by atoms with E-state index in [2.05, 4.69) is 18.3 Å². The Balaban J connectivity index is 2.24. The average molecular weight is 152 g/mol. The van der Waals surface area contributed by atoms with E-state index >= 15 is 0 Å². The van der Waals surface area contributed by atoms with E-state index in [0.29, 0.717) is 6.04 Å². The summed E-state index contributed by atoms with van der Waals surface area (Å²) in [5.41, 5.74) is 0. The van der Waals surface area contributed by atoms with Gasteiger partial charge in [0.15, 0.2) is 0 Å². The third-order valence-electron chi connectivity index (χ3n) is 2.37. The molecule has 0 aromatic heterocycles. The second kappa shape index (κ2) is 3.73. The summed E-state index contributed by atoms with van der Waals surface area (Å²) in [5, 5.41) is 11.8. The Morgan fingerprint density at radius 2 is 2.27 bits per heavy atom. The highest BCUT2D eigenvalue weighted by atomic mass is 14.9. The molecule has 0 radical (unpaired) electrons. The lowest BCUT2D eigenvalue weighted by molar-refractivity contribution is 0.483. The monoisotopic (exact) mass is 152 g/mol. The Kier molecular flexibility index (Phi) is 2.90. The highest BCUT2D eigenvalue weighted by Gasteiger charge is 2.21. The molecule has 0 amide bonds. The molecule has 2 nitrogen and oxygen atoms in total. The number of nitriles is 1. The van der Waals surface area contributed by atoms with Crippen LogP contribution in [0.25, 0.3) is 0 Å². The molecule has 1 rings (SSSR count). The highest BCUT2D eigenvalue weighted by Crippen LogP contribution is 2.24. The summed E-state index contributed by atoms with van der Waals surface area (Å²) >= 11 is 0. The number of nitrogens with one attached hydrogen (secondary N) is 1. The van der Waals surface area contributed by atoms with E-state index in [1.165, 1.54) is 19.3 Å². The van der Waals surface area contributed by atoms with Gasteiger partial charge in [0.1, 0.15) is 0 Å². The smallest absolute Gasteiger partial charge is 0.0926 e. The Hall–Kier alpha value is -0.550. The van der Waals surface area contributed by atoms with Gasteiger partial charge in [-0.25, -0.2) is 0 Å². The lowest BCUT2D eigenvalue weighted by atomic mass is 10.1. The molecule has 1 saturated carbocycles. The second-order valence-corrected chi connectivity index (χ2v) is 3.63. The minimum atomic E-state index is 0.0188. The van der Waals surface area contributed by atoms with E-state index in [1.54, 1.807) is 0 Å². The predicted molar refractivity (Wildman–Crippen MR) is 45.0 cm³/mol. The van der Waals surface area contributed by atoms with E-state index in [4.69, 9.17) is 5.26 Å². The van der Waals surface area contributed by atoms with Gasteiger partial charge in [0.05, 0.1) is 12.1 Å². The van der Waals surface area contributed by atoms with Crippen LogP contribution >= 0.6 is 0 Å². The summed E-state index contributed by atoms with van der Waals surface area (Å²) in [4.78, 5) is 0. The van der Waals surface area contributed by atoms with Crippen LogP contribution in [0, 0.1) is 17.2 Å². The van der Waals surface area contributed by atoms with E-state index in [1.807, 2.05) is 6.92 Å². The molecule has 0 aromatic carbocycles. The zero-order chi connectivity index (χ0) is 8.27. The first-order valence-corrected chi connectivity index (χ1v) is 4.38. The van der Waals surface area contributed by atoms with Gasteiger partial charge in [-0.2, -0.15) is 5.26 Å². The van der Waals surface area contributed by atoms with Gasteiger partial charge < -0.3 is 0 Å². The molecule has 0 aromatic rings. The molecule has 0 aliphatic heterocycles. The van der Waals surface area contributed by atoms with Crippen LogP contribution in [-0.2, 0) is 0 Å². The van der Waals surface area contributed by atoms with Gasteiger partial charge in [0.2, 0.25) is 0 Å². The number of rotatable bonds is 2. The number of hydrogen-bond acceptors (Lipinski definition) is 2. The van der Waals surface area contributed by atoms with Crippen LogP contribution in [0.4, 0.5) is 0 Å². The molecule has 62 valence electrons. The maximum atomic E-state index is 8.55. The summed E-state index contributed by atoms with van der Waals surface area (Å²) in [6.45, 7) is 4.20. The molecule has 1 aliphatic rings. The minimum absolute atomic E-state index is 0.0188. The van der Waals surface area contributed by atoms with Gasteiger partial charge in [0, 0.05) is 6.04 Å². The van der Waals surface area contributed by atoms with E-state index in [9.17, 15) is 0 Å². The SMILES string of the molecule is CC1CCC(NC(C)C#N)C1. The molecular weight excluding hydrogens is 136 g/mol. The van der Waals surface area contributed by atoms with Gasteiger partial charge in [-0.05, 0) is 32.1 Å². The van der Waals surface area contributed by atoms with E-state index in [0.717, 1.165) is 5.92 Å². The van der Waals surface area contributed by atoms with Gasteiger partial charge >= 0.3 is 0 Å². The maximum Gasteiger partial charge on any atom is 0.0926 e. The van der Waals surface area contributed by atoms with Crippen molar-refractivity contribution in [3.05, 3.63) is 0 Å². The second-order valence-electron chi connectivity index (χ2n) is 3.63. The van der Waals surface area contributed by atoms with Gasteiger partial charge in [-0.15, -0.1) is 0 Å². The van der Waals surface area contributed by atoms with Crippen LogP contribution < -0.4 is 5.32 Å². The van der Waals surface area contributed by atoms with Crippen molar-refractivity contribution in [3.63, 3.8) is 0 Å². The quantitative estimate of drug-likeness (QED) is 0.653. The molecule has 1 fully saturated rings. The zero-order valence-corrected chi connectivity index (χ0v) is 7.30. The van der Waals surface area contributed by atoms with E-state index < -0.39 is 0 Å². The number of nitrogens with zero attached hydrogens (tertiary/aromatic N) is 1. The summed E-state index contributed by atoms with van der Waals surface area (Å²) < 4.78 is 0. The van der Waals surface area contributed by atoms with Gasteiger partial charge in [-0.3, -0.25) is 5.32 Å². The Morgan fingerprint density at radius 3 is 2.73 bits per heavy atom. The Labute approximate surface area is 68.6 Å². The minimum Gasteiger partial charge on any atom is -0.299 e. The average Bonchev–Trinajstić information content (AvgIpc) is 2.35. The van der Waals surface area contributed by atoms with Crippen molar-refractivity contribution in [2.24, 2.45) is 5.92 Å². The van der Waals surface area contributed by atoms with Crippen molar-refractivity contribution < 1.29 is 0 Å². The molecular formula is C9H16N2. The van der Waals surface area contributed by atoms with Crippen LogP contribution in [0.1, 0.15) is 33.1 Å². The largest absolute Gasteiger partial charge is 0.299 e. The van der Waals surface area contributed by atoms with Crippen LogP contribution in [-0.4, -0.2) is 12.1 Å². The first kappa shape index (κ1) is 8.55. The van der Waals surface area contributed by atoms with Crippen LogP contribution in [0.5, 0.6) is 0 Å². The molecule has 3 unspecified atom stereocenters. The molecule has 2 heteroatoms. The first-order chi connectivity index (χ1) is 5.22. The third-order valence-corrected chi connectivity index (χ3v) is 2.37. The van der Waals surface area contributed by atoms with Crippen LogP contribution in [0.15, 0.2) is 0 Å². The number of hydrogen-bond donors (Lipinski definition) is 1. The van der Waals surface area contributed by atoms with Gasteiger partial charge in [0.25, 0.3) is 0 Å². The molecule has 3 atom stereocenters. The molecule has 11 heavy (non-hydrogen) atoms. The fourth-order valence-corrected chi connectivity index (χ4v) is 1.75. The predicted octanol–water partition coefficient (Wildman–Crippen LogP) is 1.68. The van der Waals surface area contributed by atoms with Crippen molar-refractivity contribution in [1.29, 1.82) is 5.26 Å². The fraction of sp³-hybridized carbons (Fsp3) is 0.889. The summed E-state index contributed by atoms with van der Waals surface area (Å²) in [6.07, 6.45) is 3.80. The Morgan fingerprint density at radius 1 is 1.55 bits per heavy atom. The fourth-order valence-electron chi connectivity index (χ4n) is 1.75. The topological polar surface area (TPSA) is 35.8 Å². The van der Waals surface area contributed by atoms with Crippen molar-refractivity contribution in [1.82, 2.24) is 5.32 Å². The van der Waals surface area contributed by atoms with Crippen molar-refractivity contribution in [2.75, 3.05) is 0 Å². The highest BCUT2D eigenvalue weighted by molar-refractivity contribution is 4.90.